The zero-order valence-corrected chi connectivity index (χ0v) is 19.8. The Bertz CT molecular complexity index is 1160. The lowest BCUT2D eigenvalue weighted by Gasteiger charge is -2.24. The van der Waals surface area contributed by atoms with E-state index in [1.54, 1.807) is 56.3 Å². The molecular formula is C24H30N4O5. The largest absolute Gasteiger partial charge is 0.480 e. The lowest BCUT2D eigenvalue weighted by atomic mass is 10.0. The molecule has 0 saturated heterocycles. The Morgan fingerprint density at radius 2 is 1.88 bits per heavy atom. The van der Waals surface area contributed by atoms with Gasteiger partial charge in [-0.1, -0.05) is 0 Å². The number of carbonyl (C=O) groups is 2. The van der Waals surface area contributed by atoms with Crippen LogP contribution in [0.4, 0.5) is 4.79 Å². The fourth-order valence-electron chi connectivity index (χ4n) is 3.67. The number of aromatic nitrogens is 3. The van der Waals surface area contributed by atoms with Crippen LogP contribution in [0.25, 0.3) is 10.9 Å². The zero-order valence-electron chi connectivity index (χ0n) is 19.8. The lowest BCUT2D eigenvalue weighted by Crippen LogP contribution is -2.32. The van der Waals surface area contributed by atoms with Crippen LogP contribution in [-0.2, 0) is 4.74 Å². The van der Waals surface area contributed by atoms with E-state index >= 15 is 0 Å². The van der Waals surface area contributed by atoms with Crippen molar-refractivity contribution >= 4 is 22.9 Å². The summed E-state index contributed by atoms with van der Waals surface area (Å²) in [6.45, 7) is 10.00. The van der Waals surface area contributed by atoms with Crippen LogP contribution >= 0.6 is 0 Å². The number of aliphatic hydroxyl groups excluding tert-OH is 1. The molecule has 3 aromatic heterocycles. The molecule has 1 N–H and O–H groups in total. The number of ether oxygens (including phenoxy) is 2. The van der Waals surface area contributed by atoms with Crippen molar-refractivity contribution in [3.63, 3.8) is 0 Å². The van der Waals surface area contributed by atoms with E-state index in [-0.39, 0.29) is 28.6 Å². The minimum absolute atomic E-state index is 0.102. The van der Waals surface area contributed by atoms with Gasteiger partial charge < -0.3 is 19.5 Å². The quantitative estimate of drug-likeness (QED) is 0.604. The molecule has 3 rings (SSSR count). The smallest absolute Gasteiger partial charge is 0.419 e. The molecule has 176 valence electrons. The number of hydrogen-bond acceptors (Lipinski definition) is 7. The van der Waals surface area contributed by atoms with Gasteiger partial charge in [-0.2, -0.15) is 0 Å². The molecule has 0 aliphatic heterocycles. The summed E-state index contributed by atoms with van der Waals surface area (Å²) in [4.78, 5) is 36.3. The van der Waals surface area contributed by atoms with Crippen molar-refractivity contribution in [2.24, 2.45) is 0 Å². The Morgan fingerprint density at radius 1 is 1.18 bits per heavy atom. The van der Waals surface area contributed by atoms with Crippen molar-refractivity contribution < 1.29 is 24.2 Å². The molecule has 0 aliphatic rings. The highest BCUT2D eigenvalue weighted by Crippen LogP contribution is 2.33. The first kappa shape index (κ1) is 24.2. The Kier molecular flexibility index (Phi) is 7.02. The maximum atomic E-state index is 13.3. The number of fused-ring (bicyclic) bond motifs is 1. The highest BCUT2D eigenvalue weighted by molar-refractivity contribution is 5.98. The summed E-state index contributed by atoms with van der Waals surface area (Å²) in [5, 5.41) is 12.1. The highest BCUT2D eigenvalue weighted by atomic mass is 16.6. The molecule has 3 aromatic rings. The van der Waals surface area contributed by atoms with Gasteiger partial charge in [-0.05, 0) is 52.8 Å². The van der Waals surface area contributed by atoms with E-state index in [1.807, 2.05) is 13.8 Å². The normalized spacial score (nSPS) is 12.5. The van der Waals surface area contributed by atoms with Gasteiger partial charge in [0.25, 0.3) is 5.91 Å². The molecule has 0 bridgehead atoms. The number of rotatable bonds is 6. The van der Waals surface area contributed by atoms with E-state index in [0.29, 0.717) is 24.0 Å². The van der Waals surface area contributed by atoms with Crippen LogP contribution in [0, 0.1) is 0 Å². The number of aliphatic hydroxyl groups is 1. The summed E-state index contributed by atoms with van der Waals surface area (Å²) in [6, 6.07) is 4.89. The summed E-state index contributed by atoms with van der Waals surface area (Å²) in [6.07, 6.45) is 2.64. The molecule has 0 saturated carbocycles. The zero-order chi connectivity index (χ0) is 24.3. The summed E-state index contributed by atoms with van der Waals surface area (Å²) in [7, 11) is 1.42. The summed E-state index contributed by atoms with van der Waals surface area (Å²) >= 11 is 0. The first-order valence-corrected chi connectivity index (χ1v) is 10.8. The Balaban J connectivity index is 2.22. The van der Waals surface area contributed by atoms with Crippen LogP contribution in [-0.4, -0.2) is 62.3 Å². The molecule has 0 aliphatic carbocycles. The van der Waals surface area contributed by atoms with E-state index in [2.05, 4.69) is 9.97 Å². The molecule has 33 heavy (non-hydrogen) atoms. The van der Waals surface area contributed by atoms with E-state index in [0.717, 1.165) is 0 Å². The molecule has 0 fully saturated rings. The number of hydrogen-bond donors (Lipinski definition) is 1. The van der Waals surface area contributed by atoms with Gasteiger partial charge in [0.15, 0.2) is 0 Å². The molecule has 9 heteroatoms. The molecular weight excluding hydrogens is 424 g/mol. The number of amides is 1. The minimum Gasteiger partial charge on any atom is -0.480 e. The van der Waals surface area contributed by atoms with Gasteiger partial charge >= 0.3 is 6.09 Å². The van der Waals surface area contributed by atoms with Crippen LogP contribution in [0.2, 0.25) is 0 Å². The predicted octanol–water partition coefficient (Wildman–Crippen LogP) is 3.79. The average molecular weight is 455 g/mol. The molecule has 0 aromatic carbocycles. The number of pyridine rings is 2. The highest BCUT2D eigenvalue weighted by Gasteiger charge is 2.31. The van der Waals surface area contributed by atoms with E-state index < -0.39 is 17.8 Å². The summed E-state index contributed by atoms with van der Waals surface area (Å²) in [5.74, 6) is -0.217. The molecule has 9 nitrogen and oxygen atoms in total. The first-order chi connectivity index (χ1) is 15.6. The van der Waals surface area contributed by atoms with Crippen LogP contribution < -0.4 is 4.74 Å². The maximum Gasteiger partial charge on any atom is 0.419 e. The van der Waals surface area contributed by atoms with Gasteiger partial charge in [-0.15, -0.1) is 0 Å². The van der Waals surface area contributed by atoms with Gasteiger partial charge in [0.1, 0.15) is 17.3 Å². The fourth-order valence-corrected chi connectivity index (χ4v) is 3.67. The lowest BCUT2D eigenvalue weighted by molar-refractivity contribution is 0.0528. The third kappa shape index (κ3) is 4.83. The van der Waals surface area contributed by atoms with E-state index in [9.17, 15) is 14.7 Å². The van der Waals surface area contributed by atoms with Crippen molar-refractivity contribution in [2.75, 3.05) is 20.2 Å². The Hall–Kier alpha value is -3.46. The van der Waals surface area contributed by atoms with Crippen molar-refractivity contribution in [2.45, 2.75) is 46.3 Å². The van der Waals surface area contributed by atoms with E-state index in [4.69, 9.17) is 9.47 Å². The fraction of sp³-hybridized carbons (Fsp3) is 0.417. The van der Waals surface area contributed by atoms with Gasteiger partial charge in [0.05, 0.1) is 18.3 Å². The van der Waals surface area contributed by atoms with Crippen LogP contribution in [0.3, 0.4) is 0 Å². The third-order valence-corrected chi connectivity index (χ3v) is 5.19. The second-order valence-electron chi connectivity index (χ2n) is 8.48. The standard InChI is InChI=1S/C24H30N4O5/c1-7-27(8-2)22(30)19-16(9-12-26-21(19)32-6)20(29)18-13-15-14-25-11-10-17(15)28(18)23(31)33-24(3,4)5/h9-14,20,29H,7-8H2,1-6H3. The monoisotopic (exact) mass is 454 g/mol. The van der Waals surface area contributed by atoms with Crippen molar-refractivity contribution in [3.8, 4) is 5.88 Å². The summed E-state index contributed by atoms with van der Waals surface area (Å²) in [5.41, 5.74) is 0.460. The second kappa shape index (κ2) is 9.58. The molecule has 1 atom stereocenters. The predicted molar refractivity (Wildman–Crippen MR) is 123 cm³/mol. The molecule has 3 heterocycles. The molecule has 1 unspecified atom stereocenters. The summed E-state index contributed by atoms with van der Waals surface area (Å²) < 4.78 is 12.3. The minimum atomic E-state index is -1.34. The van der Waals surface area contributed by atoms with Crippen molar-refractivity contribution in [3.05, 3.63) is 53.6 Å². The van der Waals surface area contributed by atoms with Gasteiger partial charge in [-0.25, -0.2) is 14.3 Å². The number of methoxy groups -OCH3 is 1. The topological polar surface area (TPSA) is 107 Å². The first-order valence-electron chi connectivity index (χ1n) is 10.8. The van der Waals surface area contributed by atoms with Gasteiger partial charge in [0, 0.05) is 42.6 Å². The Morgan fingerprint density at radius 3 is 2.48 bits per heavy atom. The number of nitrogens with zero attached hydrogens (tertiary/aromatic N) is 4. The number of carbonyl (C=O) groups excluding carboxylic acids is 2. The average Bonchev–Trinajstić information content (AvgIpc) is 3.17. The van der Waals surface area contributed by atoms with Crippen LogP contribution in [0.1, 0.15) is 62.3 Å². The maximum absolute atomic E-state index is 13.3. The van der Waals surface area contributed by atoms with E-state index in [1.165, 1.54) is 17.9 Å². The van der Waals surface area contributed by atoms with Gasteiger partial charge in [0.2, 0.25) is 5.88 Å². The molecule has 1 amide bonds. The Labute approximate surface area is 193 Å². The molecule has 0 radical (unpaired) electrons. The second-order valence-corrected chi connectivity index (χ2v) is 8.48. The van der Waals surface area contributed by atoms with Crippen LogP contribution in [0.5, 0.6) is 5.88 Å². The van der Waals surface area contributed by atoms with Gasteiger partial charge in [-0.3, -0.25) is 9.78 Å². The van der Waals surface area contributed by atoms with Crippen LogP contribution in [0.15, 0.2) is 36.8 Å². The van der Waals surface area contributed by atoms with Crippen molar-refractivity contribution in [1.29, 1.82) is 0 Å². The third-order valence-electron chi connectivity index (χ3n) is 5.19. The van der Waals surface area contributed by atoms with Crippen molar-refractivity contribution in [1.82, 2.24) is 19.4 Å². The molecule has 0 spiro atoms. The SMILES string of the molecule is CCN(CC)C(=O)c1c(C(O)c2cc3cnccc3n2C(=O)OC(C)(C)C)ccnc1OC.